The lowest BCUT2D eigenvalue weighted by atomic mass is 9.76. The van der Waals surface area contributed by atoms with Crippen molar-refractivity contribution in [2.24, 2.45) is 0 Å². The molecule has 1 aliphatic carbocycles. The number of hydrogen-bond donors (Lipinski definition) is 4. The van der Waals surface area contributed by atoms with Crippen LogP contribution in [-0.2, 0) is 11.2 Å². The molecule has 0 spiro atoms. The first-order valence-corrected chi connectivity index (χ1v) is 13.8. The van der Waals surface area contributed by atoms with Gasteiger partial charge < -0.3 is 10.6 Å². The van der Waals surface area contributed by atoms with Crippen LogP contribution >= 0.6 is 35.6 Å². The average molecular weight is 552 g/mol. The van der Waals surface area contributed by atoms with Gasteiger partial charge >= 0.3 is 0 Å². The number of anilines is 1. The fourth-order valence-electron chi connectivity index (χ4n) is 4.81. The Morgan fingerprint density at radius 3 is 2.59 bits per heavy atom. The number of rotatable bonds is 6. The normalized spacial score (nSPS) is 20.6. The van der Waals surface area contributed by atoms with E-state index >= 15 is 0 Å². The van der Waals surface area contributed by atoms with E-state index in [1.54, 1.807) is 0 Å². The summed E-state index contributed by atoms with van der Waals surface area (Å²) in [4.78, 5) is 28.6. The standard InChI is InChI=1S/C27H26ClN5O2S2/c28-21-14-18(25(34)30-22-12-13-37-26(22)35)15-29-24(21)32-33-27(36)31-23-19-9-5-4-8-17(19)10-11-20(23)16-6-2-1-3-7-16/h1-9,14-15,20,22-23H,10-13H2,(H,29,32)(H,30,34)(H2,31,33,36)/t20-,22?,23+/m1/s1. The second kappa shape index (κ2) is 11.5. The number of fused-ring (bicyclic) bond motifs is 1. The molecule has 0 radical (unpaired) electrons. The monoisotopic (exact) mass is 551 g/mol. The van der Waals surface area contributed by atoms with Gasteiger partial charge in [0.1, 0.15) is 0 Å². The van der Waals surface area contributed by atoms with E-state index in [1.165, 1.54) is 40.7 Å². The van der Waals surface area contributed by atoms with Gasteiger partial charge in [-0.3, -0.25) is 20.4 Å². The molecule has 7 nitrogen and oxygen atoms in total. The summed E-state index contributed by atoms with van der Waals surface area (Å²) in [7, 11) is 0. The number of thiocarbonyl (C=S) groups is 1. The van der Waals surface area contributed by atoms with Crippen LogP contribution < -0.4 is 21.5 Å². The molecule has 4 N–H and O–H groups in total. The quantitative estimate of drug-likeness (QED) is 0.257. The molecule has 2 aromatic carbocycles. The highest BCUT2D eigenvalue weighted by atomic mass is 35.5. The predicted molar refractivity (Wildman–Crippen MR) is 152 cm³/mol. The Hall–Kier alpha value is -3.14. The zero-order valence-electron chi connectivity index (χ0n) is 19.9. The fraction of sp³-hybridized carbons (Fsp3) is 0.259. The maximum Gasteiger partial charge on any atom is 0.253 e. The molecular weight excluding hydrogens is 526 g/mol. The minimum Gasteiger partial charge on any atom is -0.354 e. The van der Waals surface area contributed by atoms with E-state index in [0.717, 1.165) is 12.8 Å². The lowest BCUT2D eigenvalue weighted by Gasteiger charge is -2.35. The molecule has 0 bridgehead atoms. The van der Waals surface area contributed by atoms with Gasteiger partial charge in [-0.1, -0.05) is 78.0 Å². The van der Waals surface area contributed by atoms with Crippen molar-refractivity contribution in [1.29, 1.82) is 0 Å². The summed E-state index contributed by atoms with van der Waals surface area (Å²) in [5.41, 5.74) is 10.0. The molecule has 1 aromatic heterocycles. The van der Waals surface area contributed by atoms with Gasteiger partial charge in [0, 0.05) is 17.9 Å². The SMILES string of the molecule is O=C(NC1CCSC1=O)c1cnc(NNC(=S)N[C@H]2c3ccccc3CC[C@@H]2c2ccccc2)c(Cl)c1. The molecule has 37 heavy (non-hydrogen) atoms. The van der Waals surface area contributed by atoms with Crippen LogP contribution in [0.5, 0.6) is 0 Å². The van der Waals surface area contributed by atoms with Crippen LogP contribution in [0.3, 0.4) is 0 Å². The molecule has 190 valence electrons. The van der Waals surface area contributed by atoms with E-state index < -0.39 is 6.04 Å². The number of amides is 1. The minimum atomic E-state index is -0.469. The Morgan fingerprint density at radius 2 is 1.84 bits per heavy atom. The highest BCUT2D eigenvalue weighted by Gasteiger charge is 2.31. The van der Waals surface area contributed by atoms with Crippen LogP contribution in [0, 0.1) is 0 Å². The van der Waals surface area contributed by atoms with E-state index in [-0.39, 0.29) is 33.6 Å². The lowest BCUT2D eigenvalue weighted by molar-refractivity contribution is -0.112. The second-order valence-corrected chi connectivity index (χ2v) is 10.9. The van der Waals surface area contributed by atoms with E-state index in [0.29, 0.717) is 23.1 Å². The fourth-order valence-corrected chi connectivity index (χ4v) is 6.14. The number of aryl methyl sites for hydroxylation is 1. The molecule has 2 aliphatic rings. The van der Waals surface area contributed by atoms with Crippen molar-refractivity contribution in [3.63, 3.8) is 0 Å². The van der Waals surface area contributed by atoms with E-state index in [9.17, 15) is 9.59 Å². The third kappa shape index (κ3) is 5.89. The number of pyridine rings is 1. The van der Waals surface area contributed by atoms with Gasteiger partial charge in [0.05, 0.1) is 22.7 Å². The Labute approximate surface area is 230 Å². The van der Waals surface area contributed by atoms with Gasteiger partial charge in [-0.25, -0.2) is 4.98 Å². The van der Waals surface area contributed by atoms with Crippen LogP contribution in [0.4, 0.5) is 5.82 Å². The van der Waals surface area contributed by atoms with Crippen LogP contribution in [0.25, 0.3) is 0 Å². The number of aromatic nitrogens is 1. The summed E-state index contributed by atoms with van der Waals surface area (Å²) in [6, 6.07) is 20.0. The van der Waals surface area contributed by atoms with Crippen LogP contribution in [0.15, 0.2) is 66.9 Å². The van der Waals surface area contributed by atoms with Crippen LogP contribution in [-0.4, -0.2) is 32.9 Å². The first-order chi connectivity index (χ1) is 18.0. The topological polar surface area (TPSA) is 95.2 Å². The van der Waals surface area contributed by atoms with Gasteiger partial charge in [0.2, 0.25) is 5.12 Å². The zero-order chi connectivity index (χ0) is 25.8. The van der Waals surface area contributed by atoms with Crippen molar-refractivity contribution >= 4 is 57.5 Å². The number of nitrogens with one attached hydrogen (secondary N) is 4. The smallest absolute Gasteiger partial charge is 0.253 e. The molecule has 1 saturated heterocycles. The number of carbonyl (C=O) groups is 2. The second-order valence-electron chi connectivity index (χ2n) is 8.99. The van der Waals surface area contributed by atoms with Crippen molar-refractivity contribution in [3.05, 3.63) is 94.1 Å². The third-order valence-electron chi connectivity index (χ3n) is 6.67. The highest BCUT2D eigenvalue weighted by molar-refractivity contribution is 8.14. The van der Waals surface area contributed by atoms with Crippen molar-refractivity contribution in [3.8, 4) is 0 Å². The predicted octanol–water partition coefficient (Wildman–Crippen LogP) is 4.76. The highest BCUT2D eigenvalue weighted by Crippen LogP contribution is 2.40. The molecule has 1 fully saturated rings. The largest absolute Gasteiger partial charge is 0.354 e. The maximum absolute atomic E-state index is 12.5. The average Bonchev–Trinajstić information content (AvgIpc) is 3.32. The summed E-state index contributed by atoms with van der Waals surface area (Å²) in [6.07, 6.45) is 4.06. The minimum absolute atomic E-state index is 0.000106. The van der Waals surface area contributed by atoms with Crippen molar-refractivity contribution in [1.82, 2.24) is 21.0 Å². The van der Waals surface area contributed by atoms with Crippen LogP contribution in [0.1, 0.15) is 51.8 Å². The van der Waals surface area contributed by atoms with Crippen molar-refractivity contribution in [2.75, 3.05) is 11.2 Å². The maximum atomic E-state index is 12.5. The number of hydrazine groups is 1. The van der Waals surface area contributed by atoms with Gasteiger partial charge in [-0.2, -0.15) is 0 Å². The molecule has 1 amide bonds. The van der Waals surface area contributed by atoms with E-state index in [2.05, 4.69) is 75.0 Å². The summed E-state index contributed by atoms with van der Waals surface area (Å²) < 4.78 is 0. The number of thioether (sulfide) groups is 1. The molecule has 0 saturated carbocycles. The molecule has 10 heteroatoms. The van der Waals surface area contributed by atoms with Gasteiger partial charge in [-0.15, -0.1) is 0 Å². The summed E-state index contributed by atoms with van der Waals surface area (Å²) in [6.45, 7) is 0. The first-order valence-electron chi connectivity index (χ1n) is 12.1. The Bertz CT molecular complexity index is 1320. The van der Waals surface area contributed by atoms with Crippen molar-refractivity contribution in [2.45, 2.75) is 37.3 Å². The Kier molecular flexibility index (Phi) is 7.93. The molecule has 1 aliphatic heterocycles. The Balaban J connectivity index is 1.24. The summed E-state index contributed by atoms with van der Waals surface area (Å²) >= 11 is 13.2. The van der Waals surface area contributed by atoms with Gasteiger partial charge in [0.25, 0.3) is 5.91 Å². The number of nitrogens with zero attached hydrogens (tertiary/aromatic N) is 1. The molecular formula is C27H26ClN5O2S2. The van der Waals surface area contributed by atoms with Crippen molar-refractivity contribution < 1.29 is 9.59 Å². The number of benzene rings is 2. The molecule has 2 heterocycles. The number of halogens is 1. The molecule has 3 aromatic rings. The third-order valence-corrected chi connectivity index (χ3v) is 8.19. The van der Waals surface area contributed by atoms with E-state index in [1.807, 2.05) is 6.07 Å². The van der Waals surface area contributed by atoms with Gasteiger partial charge in [0.15, 0.2) is 10.9 Å². The molecule has 1 unspecified atom stereocenters. The summed E-state index contributed by atoms with van der Waals surface area (Å²) in [5, 5.41) is 6.85. The lowest BCUT2D eigenvalue weighted by Crippen LogP contribution is -2.43. The zero-order valence-corrected chi connectivity index (χ0v) is 22.3. The van der Waals surface area contributed by atoms with E-state index in [4.69, 9.17) is 23.8 Å². The first kappa shape index (κ1) is 25.5. The molecule has 3 atom stereocenters. The summed E-state index contributed by atoms with van der Waals surface area (Å²) in [5.74, 6) is 0.929. The number of carbonyl (C=O) groups excluding carboxylic acids is 2. The number of hydrogen-bond acceptors (Lipinski definition) is 6. The van der Waals surface area contributed by atoms with Crippen LogP contribution in [0.2, 0.25) is 5.02 Å². The molecule has 5 rings (SSSR count). The van der Waals surface area contributed by atoms with Gasteiger partial charge in [-0.05, 0) is 54.2 Å². The Morgan fingerprint density at radius 1 is 1.05 bits per heavy atom.